The molecular weight excluding hydrogens is 384 g/mol. The Bertz CT molecular complexity index is 476. The number of carbonyl (C=O) groups is 2. The van der Waals surface area contributed by atoms with Crippen molar-refractivity contribution in [2.45, 2.75) is 116 Å². The molecule has 2 aliphatic rings. The summed E-state index contributed by atoms with van der Waals surface area (Å²) in [5, 5.41) is 0. The third-order valence-corrected chi connectivity index (χ3v) is 6.46. The zero-order valence-corrected chi connectivity index (χ0v) is 19.4. The zero-order chi connectivity index (χ0) is 21.9. The number of rotatable bonds is 14. The van der Waals surface area contributed by atoms with Gasteiger partial charge in [-0.15, -0.1) is 0 Å². The van der Waals surface area contributed by atoms with Gasteiger partial charge >= 0.3 is 11.9 Å². The van der Waals surface area contributed by atoms with Crippen LogP contribution in [0.3, 0.4) is 0 Å². The molecule has 2 fully saturated rings. The maximum Gasteiger partial charge on any atom is 0.309 e. The van der Waals surface area contributed by atoms with E-state index >= 15 is 0 Å². The molecule has 0 amide bonds. The van der Waals surface area contributed by atoms with Crippen LogP contribution >= 0.6 is 0 Å². The van der Waals surface area contributed by atoms with E-state index in [1.165, 1.54) is 0 Å². The molecular formula is C24H42O6. The fraction of sp³-hybridized carbons (Fsp3) is 0.917. The van der Waals surface area contributed by atoms with E-state index in [2.05, 4.69) is 13.8 Å². The molecule has 2 aliphatic heterocycles. The van der Waals surface area contributed by atoms with Crippen molar-refractivity contribution < 1.29 is 28.5 Å². The third-order valence-electron chi connectivity index (χ3n) is 6.46. The van der Waals surface area contributed by atoms with Crippen molar-refractivity contribution in [3.63, 3.8) is 0 Å². The molecule has 0 N–H and O–H groups in total. The van der Waals surface area contributed by atoms with Gasteiger partial charge in [0.15, 0.2) is 12.2 Å². The maximum absolute atomic E-state index is 12.6. The zero-order valence-electron chi connectivity index (χ0n) is 19.4. The maximum atomic E-state index is 12.6. The summed E-state index contributed by atoms with van der Waals surface area (Å²) in [5.74, 6) is -0.458. The van der Waals surface area contributed by atoms with Crippen LogP contribution in [-0.2, 0) is 28.5 Å². The molecule has 2 rings (SSSR count). The Morgan fingerprint density at radius 3 is 1.47 bits per heavy atom. The Morgan fingerprint density at radius 1 is 0.733 bits per heavy atom. The molecule has 174 valence electrons. The molecule has 0 aromatic heterocycles. The lowest BCUT2D eigenvalue weighted by atomic mass is 9.98. The first-order valence-corrected chi connectivity index (χ1v) is 12.2. The van der Waals surface area contributed by atoms with Crippen molar-refractivity contribution in [3.05, 3.63) is 0 Å². The molecule has 2 heterocycles. The largest absolute Gasteiger partial charge is 0.457 e. The summed E-state index contributed by atoms with van der Waals surface area (Å²) in [6.07, 6.45) is 8.38. The molecule has 0 aliphatic carbocycles. The highest BCUT2D eigenvalue weighted by atomic mass is 16.7. The first-order valence-electron chi connectivity index (χ1n) is 12.2. The van der Waals surface area contributed by atoms with Crippen molar-refractivity contribution in [2.24, 2.45) is 11.8 Å². The third kappa shape index (κ3) is 6.94. The van der Waals surface area contributed by atoms with Gasteiger partial charge in [0.25, 0.3) is 0 Å². The number of ether oxygens (including phenoxy) is 4. The van der Waals surface area contributed by atoms with Gasteiger partial charge < -0.3 is 18.9 Å². The van der Waals surface area contributed by atoms with Crippen molar-refractivity contribution in [2.75, 3.05) is 13.2 Å². The van der Waals surface area contributed by atoms with E-state index in [1.54, 1.807) is 0 Å². The summed E-state index contributed by atoms with van der Waals surface area (Å²) in [6, 6.07) is 0. The molecule has 6 atom stereocenters. The van der Waals surface area contributed by atoms with Crippen LogP contribution < -0.4 is 0 Å². The van der Waals surface area contributed by atoms with E-state index in [1.807, 2.05) is 13.8 Å². The normalized spacial score (nSPS) is 27.5. The second kappa shape index (κ2) is 13.3. The lowest BCUT2D eigenvalue weighted by molar-refractivity contribution is -0.160. The minimum Gasteiger partial charge on any atom is -0.457 e. The van der Waals surface area contributed by atoms with Crippen LogP contribution in [-0.4, -0.2) is 49.6 Å². The molecule has 0 saturated carbocycles. The van der Waals surface area contributed by atoms with E-state index in [0.717, 1.165) is 64.2 Å². The van der Waals surface area contributed by atoms with Gasteiger partial charge in [0.1, 0.15) is 12.2 Å². The minimum absolute atomic E-state index is 0.0703. The Balaban J connectivity index is 1.83. The van der Waals surface area contributed by atoms with Crippen LogP contribution in [0.4, 0.5) is 0 Å². The lowest BCUT2D eigenvalue weighted by Gasteiger charge is -2.21. The fourth-order valence-electron chi connectivity index (χ4n) is 4.38. The SMILES string of the molecule is CCCCCC(CC)C(=O)O[C@H]1CO[C@H]2[C@@H]1OC[C@H]2OC(=O)C(CC)CCCCC. The second-order valence-corrected chi connectivity index (χ2v) is 8.75. The summed E-state index contributed by atoms with van der Waals surface area (Å²) >= 11 is 0. The van der Waals surface area contributed by atoms with E-state index in [0.29, 0.717) is 13.2 Å². The highest BCUT2D eigenvalue weighted by Crippen LogP contribution is 2.32. The van der Waals surface area contributed by atoms with Gasteiger partial charge in [-0.2, -0.15) is 0 Å². The monoisotopic (exact) mass is 426 g/mol. The van der Waals surface area contributed by atoms with E-state index in [4.69, 9.17) is 18.9 Å². The first-order chi connectivity index (χ1) is 14.5. The Morgan fingerprint density at radius 2 is 1.13 bits per heavy atom. The predicted molar refractivity (Wildman–Crippen MR) is 115 cm³/mol. The lowest BCUT2D eigenvalue weighted by Crippen LogP contribution is -2.37. The average Bonchev–Trinajstić information content (AvgIpc) is 3.32. The van der Waals surface area contributed by atoms with Crippen LogP contribution in [0.2, 0.25) is 0 Å². The summed E-state index contributed by atoms with van der Waals surface area (Å²) in [7, 11) is 0. The summed E-state index contributed by atoms with van der Waals surface area (Å²) in [5.41, 5.74) is 0. The number of unbranched alkanes of at least 4 members (excludes halogenated alkanes) is 4. The number of fused-ring (bicyclic) bond motifs is 1. The van der Waals surface area contributed by atoms with Crippen molar-refractivity contribution >= 4 is 11.9 Å². The first kappa shape index (κ1) is 25.1. The molecule has 0 bridgehead atoms. The summed E-state index contributed by atoms with van der Waals surface area (Å²) in [4.78, 5) is 25.2. The highest BCUT2D eigenvalue weighted by Gasteiger charge is 2.51. The quantitative estimate of drug-likeness (QED) is 0.293. The highest BCUT2D eigenvalue weighted by molar-refractivity contribution is 5.73. The molecule has 0 aromatic rings. The van der Waals surface area contributed by atoms with Crippen molar-refractivity contribution in [1.82, 2.24) is 0 Å². The summed E-state index contributed by atoms with van der Waals surface area (Å²) in [6.45, 7) is 8.96. The fourth-order valence-corrected chi connectivity index (χ4v) is 4.38. The van der Waals surface area contributed by atoms with Crippen LogP contribution in [0, 0.1) is 11.8 Å². The molecule has 0 aromatic carbocycles. The predicted octanol–water partition coefficient (Wildman–Crippen LogP) is 4.82. The van der Waals surface area contributed by atoms with Gasteiger partial charge in [-0.1, -0.05) is 66.2 Å². The van der Waals surface area contributed by atoms with Gasteiger partial charge in [0.05, 0.1) is 25.0 Å². The standard InChI is InChI=1S/C24H42O6/c1-5-9-11-13-17(7-3)23(25)29-19-15-27-22-20(16-28-21(19)22)30-24(26)18(8-4)14-12-10-6-2/h17-22H,5-16H2,1-4H3/t17?,18?,19-,20+,21-,22-/m1/s1. The van der Waals surface area contributed by atoms with Crippen LogP contribution in [0.25, 0.3) is 0 Å². The molecule has 0 spiro atoms. The Kier molecular flexibility index (Phi) is 11.1. The molecule has 2 unspecified atom stereocenters. The van der Waals surface area contributed by atoms with Gasteiger partial charge in [0, 0.05) is 0 Å². The molecule has 2 saturated heterocycles. The second-order valence-electron chi connectivity index (χ2n) is 8.75. The van der Waals surface area contributed by atoms with E-state index in [-0.39, 0.29) is 36.0 Å². The number of carbonyl (C=O) groups excluding carboxylic acids is 2. The van der Waals surface area contributed by atoms with E-state index < -0.39 is 12.2 Å². The van der Waals surface area contributed by atoms with Crippen LogP contribution in [0.15, 0.2) is 0 Å². The van der Waals surface area contributed by atoms with Crippen molar-refractivity contribution in [3.8, 4) is 0 Å². The number of esters is 2. The van der Waals surface area contributed by atoms with Gasteiger partial charge in [0.2, 0.25) is 0 Å². The number of hydrogen-bond acceptors (Lipinski definition) is 6. The summed E-state index contributed by atoms with van der Waals surface area (Å²) < 4.78 is 23.2. The topological polar surface area (TPSA) is 71.1 Å². The molecule has 6 heteroatoms. The smallest absolute Gasteiger partial charge is 0.309 e. The van der Waals surface area contributed by atoms with Gasteiger partial charge in [-0.05, 0) is 25.7 Å². The minimum atomic E-state index is -0.419. The average molecular weight is 427 g/mol. The molecule has 6 nitrogen and oxygen atoms in total. The molecule has 0 radical (unpaired) electrons. The van der Waals surface area contributed by atoms with E-state index in [9.17, 15) is 9.59 Å². The molecule has 30 heavy (non-hydrogen) atoms. The van der Waals surface area contributed by atoms with Crippen LogP contribution in [0.5, 0.6) is 0 Å². The number of hydrogen-bond donors (Lipinski definition) is 0. The van der Waals surface area contributed by atoms with Gasteiger partial charge in [-0.25, -0.2) is 0 Å². The Labute approximate surface area is 182 Å². The van der Waals surface area contributed by atoms with Crippen LogP contribution in [0.1, 0.15) is 91.9 Å². The van der Waals surface area contributed by atoms with Gasteiger partial charge in [-0.3, -0.25) is 9.59 Å². The van der Waals surface area contributed by atoms with Crippen molar-refractivity contribution in [1.29, 1.82) is 0 Å². The Hall–Kier alpha value is -1.14.